The normalized spacial score (nSPS) is 16.6. The quantitative estimate of drug-likeness (QED) is 0.866. The molecule has 2 N–H and O–H groups in total. The van der Waals surface area contributed by atoms with Crippen molar-refractivity contribution >= 4 is 23.5 Å². The van der Waals surface area contributed by atoms with Crippen LogP contribution in [0.1, 0.15) is 33.6 Å². The van der Waals surface area contributed by atoms with Gasteiger partial charge in [0.2, 0.25) is 0 Å². The summed E-state index contributed by atoms with van der Waals surface area (Å²) in [7, 11) is 0. The number of rotatable bonds is 4. The van der Waals surface area contributed by atoms with E-state index in [-0.39, 0.29) is 12.5 Å². The summed E-state index contributed by atoms with van der Waals surface area (Å²) < 4.78 is 13.0. The maximum absolute atomic E-state index is 13.0. The highest BCUT2D eigenvalue weighted by Crippen LogP contribution is 2.20. The van der Waals surface area contributed by atoms with Gasteiger partial charge >= 0.3 is 5.97 Å². The molecule has 27 heavy (non-hydrogen) atoms. The summed E-state index contributed by atoms with van der Waals surface area (Å²) in [5, 5.41) is 11.8. The van der Waals surface area contributed by atoms with Crippen LogP contribution in [-0.4, -0.2) is 40.9 Å². The van der Waals surface area contributed by atoms with Crippen LogP contribution in [0.4, 0.5) is 10.1 Å². The molecule has 1 fully saturated rings. The van der Waals surface area contributed by atoms with Crippen LogP contribution < -0.4 is 5.32 Å². The first-order chi connectivity index (χ1) is 12.9. The first-order valence-electron chi connectivity index (χ1n) is 8.63. The van der Waals surface area contributed by atoms with Crippen LogP contribution in [0.15, 0.2) is 48.5 Å². The number of amides is 2. The fraction of sp³-hybridized carbons (Fsp3) is 0.250. The molecular formula is C20H19FN2O4. The molecule has 2 amide bonds. The summed E-state index contributed by atoms with van der Waals surface area (Å²) in [5.41, 5.74) is 1.10. The SMILES string of the molecule is O=C(Nc1cccc(C(=O)N2CCCC(C(=O)O)C2)c1)c1ccc(F)cc1. The molecule has 0 spiro atoms. The van der Waals surface area contributed by atoms with Crippen molar-refractivity contribution in [2.24, 2.45) is 5.92 Å². The third-order valence-corrected chi connectivity index (χ3v) is 4.53. The van der Waals surface area contributed by atoms with E-state index in [0.717, 1.165) is 0 Å². The molecule has 0 aromatic heterocycles. The number of anilines is 1. The van der Waals surface area contributed by atoms with Gasteiger partial charge in [-0.15, -0.1) is 0 Å². The van der Waals surface area contributed by atoms with Gasteiger partial charge < -0.3 is 15.3 Å². The van der Waals surface area contributed by atoms with Crippen molar-refractivity contribution in [3.05, 3.63) is 65.5 Å². The van der Waals surface area contributed by atoms with E-state index in [1.165, 1.54) is 29.2 Å². The Hall–Kier alpha value is -3.22. The minimum atomic E-state index is -0.896. The smallest absolute Gasteiger partial charge is 0.308 e. The maximum atomic E-state index is 13.0. The average molecular weight is 370 g/mol. The zero-order valence-corrected chi connectivity index (χ0v) is 14.5. The molecule has 1 aliphatic heterocycles. The third kappa shape index (κ3) is 4.49. The zero-order chi connectivity index (χ0) is 19.4. The highest BCUT2D eigenvalue weighted by molar-refractivity contribution is 6.05. The number of likely N-dealkylation sites (tertiary alicyclic amines) is 1. The van der Waals surface area contributed by atoms with Crippen molar-refractivity contribution in [2.45, 2.75) is 12.8 Å². The van der Waals surface area contributed by atoms with E-state index in [0.29, 0.717) is 36.2 Å². The molecule has 0 saturated carbocycles. The molecule has 1 atom stereocenters. The number of benzene rings is 2. The highest BCUT2D eigenvalue weighted by Gasteiger charge is 2.28. The van der Waals surface area contributed by atoms with E-state index in [9.17, 15) is 18.8 Å². The Bertz CT molecular complexity index is 867. The van der Waals surface area contributed by atoms with Crippen molar-refractivity contribution in [3.8, 4) is 0 Å². The van der Waals surface area contributed by atoms with Crippen LogP contribution in [0.2, 0.25) is 0 Å². The fourth-order valence-corrected chi connectivity index (χ4v) is 3.08. The number of piperidine rings is 1. The van der Waals surface area contributed by atoms with Gasteiger partial charge in [-0.25, -0.2) is 4.39 Å². The molecule has 140 valence electrons. The minimum absolute atomic E-state index is 0.181. The van der Waals surface area contributed by atoms with Crippen LogP contribution in [0.3, 0.4) is 0 Å². The molecule has 1 aliphatic rings. The van der Waals surface area contributed by atoms with Gasteiger partial charge in [0.25, 0.3) is 11.8 Å². The van der Waals surface area contributed by atoms with Crippen LogP contribution in [-0.2, 0) is 4.79 Å². The van der Waals surface area contributed by atoms with E-state index < -0.39 is 23.6 Å². The molecule has 3 rings (SSSR count). The molecule has 1 heterocycles. The van der Waals surface area contributed by atoms with Crippen molar-refractivity contribution in [1.82, 2.24) is 4.90 Å². The number of hydrogen-bond acceptors (Lipinski definition) is 3. The number of carboxylic acid groups (broad SMARTS) is 1. The van der Waals surface area contributed by atoms with Gasteiger partial charge in [-0.2, -0.15) is 0 Å². The Labute approximate surface area is 155 Å². The molecule has 0 aliphatic carbocycles. The van der Waals surface area contributed by atoms with Gasteiger partial charge in [0.05, 0.1) is 5.92 Å². The Morgan fingerprint density at radius 3 is 2.52 bits per heavy atom. The summed E-state index contributed by atoms with van der Waals surface area (Å²) in [4.78, 5) is 37.6. The van der Waals surface area contributed by atoms with Crippen molar-refractivity contribution in [2.75, 3.05) is 18.4 Å². The maximum Gasteiger partial charge on any atom is 0.308 e. The van der Waals surface area contributed by atoms with Gasteiger partial charge in [0, 0.05) is 29.9 Å². The Kier molecular flexibility index (Phi) is 5.49. The van der Waals surface area contributed by atoms with E-state index in [1.807, 2.05) is 0 Å². The lowest BCUT2D eigenvalue weighted by Gasteiger charge is -2.30. The molecular weight excluding hydrogens is 351 g/mol. The predicted octanol–water partition coefficient (Wildman–Crippen LogP) is 3.01. The highest BCUT2D eigenvalue weighted by atomic mass is 19.1. The van der Waals surface area contributed by atoms with E-state index in [1.54, 1.807) is 24.3 Å². The number of aliphatic carboxylic acids is 1. The molecule has 7 heteroatoms. The lowest BCUT2D eigenvalue weighted by Crippen LogP contribution is -2.42. The molecule has 0 bridgehead atoms. The van der Waals surface area contributed by atoms with E-state index in [4.69, 9.17) is 5.11 Å². The number of nitrogens with zero attached hydrogens (tertiary/aromatic N) is 1. The first kappa shape index (κ1) is 18.6. The summed E-state index contributed by atoms with van der Waals surface area (Å²) in [5.74, 6) is -2.56. The van der Waals surface area contributed by atoms with Gasteiger partial charge in [-0.1, -0.05) is 6.07 Å². The van der Waals surface area contributed by atoms with Crippen LogP contribution >= 0.6 is 0 Å². The second kappa shape index (κ2) is 7.99. The third-order valence-electron chi connectivity index (χ3n) is 4.53. The number of halogens is 1. The fourth-order valence-electron chi connectivity index (χ4n) is 3.08. The number of hydrogen-bond donors (Lipinski definition) is 2. The molecule has 1 saturated heterocycles. The predicted molar refractivity (Wildman–Crippen MR) is 97.1 cm³/mol. The van der Waals surface area contributed by atoms with Crippen LogP contribution in [0.5, 0.6) is 0 Å². The summed E-state index contributed by atoms with van der Waals surface area (Å²) in [6.07, 6.45) is 1.20. The topological polar surface area (TPSA) is 86.7 Å². The Morgan fingerprint density at radius 2 is 1.81 bits per heavy atom. The van der Waals surface area contributed by atoms with E-state index >= 15 is 0 Å². The van der Waals surface area contributed by atoms with Crippen LogP contribution in [0.25, 0.3) is 0 Å². The van der Waals surface area contributed by atoms with Crippen molar-refractivity contribution in [1.29, 1.82) is 0 Å². The largest absolute Gasteiger partial charge is 0.481 e. The minimum Gasteiger partial charge on any atom is -0.481 e. The van der Waals surface area contributed by atoms with Crippen LogP contribution in [0, 0.1) is 11.7 Å². The number of nitrogens with one attached hydrogen (secondary N) is 1. The average Bonchev–Trinajstić information content (AvgIpc) is 2.68. The van der Waals surface area contributed by atoms with Gasteiger partial charge in [-0.3, -0.25) is 14.4 Å². The molecule has 2 aromatic carbocycles. The number of carbonyl (C=O) groups is 3. The van der Waals surface area contributed by atoms with Crippen molar-refractivity contribution in [3.63, 3.8) is 0 Å². The molecule has 2 aromatic rings. The molecule has 1 unspecified atom stereocenters. The molecule has 0 radical (unpaired) electrons. The Balaban J connectivity index is 1.71. The summed E-state index contributed by atoms with van der Waals surface area (Å²) >= 11 is 0. The standard InChI is InChI=1S/C20H19FN2O4/c21-16-8-6-13(7-9-16)18(24)22-17-5-1-3-14(11-17)19(25)23-10-2-4-15(12-23)20(26)27/h1,3,5-9,11,15H,2,4,10,12H2,(H,22,24)(H,26,27). The van der Waals surface area contributed by atoms with Gasteiger partial charge in [-0.05, 0) is 55.3 Å². The molecule has 6 nitrogen and oxygen atoms in total. The summed E-state index contributed by atoms with van der Waals surface area (Å²) in [6.45, 7) is 0.690. The summed E-state index contributed by atoms with van der Waals surface area (Å²) in [6, 6.07) is 11.6. The second-order valence-corrected chi connectivity index (χ2v) is 6.47. The van der Waals surface area contributed by atoms with Crippen molar-refractivity contribution < 1.29 is 23.9 Å². The lowest BCUT2D eigenvalue weighted by atomic mass is 9.97. The second-order valence-electron chi connectivity index (χ2n) is 6.47. The number of carbonyl (C=O) groups excluding carboxylic acids is 2. The zero-order valence-electron chi connectivity index (χ0n) is 14.5. The lowest BCUT2D eigenvalue weighted by molar-refractivity contribution is -0.143. The van der Waals surface area contributed by atoms with Gasteiger partial charge in [0.15, 0.2) is 0 Å². The van der Waals surface area contributed by atoms with Gasteiger partial charge in [0.1, 0.15) is 5.82 Å². The number of carboxylic acids is 1. The monoisotopic (exact) mass is 370 g/mol. The first-order valence-corrected chi connectivity index (χ1v) is 8.63. The van der Waals surface area contributed by atoms with E-state index in [2.05, 4.69) is 5.32 Å². The Morgan fingerprint density at radius 1 is 1.07 bits per heavy atom.